The molecule has 1 aromatic heterocycles. The normalized spacial score (nSPS) is 11.2. The highest BCUT2D eigenvalue weighted by Crippen LogP contribution is 2.20. The summed E-state index contributed by atoms with van der Waals surface area (Å²) in [7, 11) is 1.67. The number of ether oxygens (including phenoxy) is 1. The van der Waals surface area contributed by atoms with Gasteiger partial charge in [-0.3, -0.25) is 4.79 Å². The van der Waals surface area contributed by atoms with E-state index in [1.54, 1.807) is 7.11 Å². The summed E-state index contributed by atoms with van der Waals surface area (Å²) in [5, 5.41) is 4.98. The molecule has 0 aliphatic rings. The Balaban J connectivity index is 2.28. The number of benzene rings is 1. The molecule has 2 aromatic rings. The van der Waals surface area contributed by atoms with Crippen LogP contribution in [-0.2, 0) is 11.3 Å². The topological polar surface area (TPSA) is 60.6 Å². The second-order valence-corrected chi connectivity index (χ2v) is 7.67. The molecule has 0 atom stereocenters. The molecular weight excluding hydrogens is 384 g/mol. The highest BCUT2D eigenvalue weighted by molar-refractivity contribution is 7.80. The Bertz CT molecular complexity index is 877. The van der Waals surface area contributed by atoms with Gasteiger partial charge >= 0.3 is 0 Å². The zero-order valence-electron chi connectivity index (χ0n) is 18.3. The monoisotopic (exact) mass is 418 g/mol. The van der Waals surface area contributed by atoms with E-state index in [0.29, 0.717) is 24.8 Å². The van der Waals surface area contributed by atoms with Crippen molar-refractivity contribution in [1.82, 2.24) is 20.1 Å². The van der Waals surface area contributed by atoms with Crippen molar-refractivity contribution in [3.05, 3.63) is 45.2 Å². The molecule has 0 radical (unpaired) electrons. The average molecular weight is 419 g/mol. The van der Waals surface area contributed by atoms with E-state index in [4.69, 9.17) is 17.0 Å². The number of aromatic amines is 1. The zero-order valence-corrected chi connectivity index (χ0v) is 19.1. The molecule has 1 aromatic carbocycles. The number of aryl methyl sites for hydroxylation is 2. The molecule has 1 heterocycles. The molecule has 0 bridgehead atoms. The molecule has 0 spiro atoms. The molecule has 0 amide bonds. The van der Waals surface area contributed by atoms with E-state index in [2.05, 4.69) is 46.9 Å². The van der Waals surface area contributed by atoms with Gasteiger partial charge in [-0.1, -0.05) is 26.0 Å². The lowest BCUT2D eigenvalue weighted by Crippen LogP contribution is -2.45. The van der Waals surface area contributed by atoms with Crippen LogP contribution in [0.15, 0.2) is 23.0 Å². The number of pyridine rings is 1. The van der Waals surface area contributed by atoms with Gasteiger partial charge in [-0.15, -0.1) is 0 Å². The summed E-state index contributed by atoms with van der Waals surface area (Å²) >= 11 is 5.63. The first kappa shape index (κ1) is 23.3. The molecule has 0 fully saturated rings. The smallest absolute Gasteiger partial charge is 0.253 e. The van der Waals surface area contributed by atoms with Gasteiger partial charge in [-0.2, -0.15) is 0 Å². The Morgan fingerprint density at radius 1 is 1.17 bits per heavy atom. The van der Waals surface area contributed by atoms with Crippen molar-refractivity contribution in [3.8, 4) is 0 Å². The Hall–Kier alpha value is -1.96. The number of hydrogen-bond acceptors (Lipinski definition) is 4. The number of fused-ring (bicyclic) bond motifs is 1. The molecule has 29 heavy (non-hydrogen) atoms. The van der Waals surface area contributed by atoms with Gasteiger partial charge in [0.15, 0.2) is 5.11 Å². The van der Waals surface area contributed by atoms with Crippen molar-refractivity contribution < 1.29 is 4.74 Å². The highest BCUT2D eigenvalue weighted by atomic mass is 32.1. The first-order chi connectivity index (χ1) is 13.9. The molecule has 7 heteroatoms. The number of nitrogens with one attached hydrogen (secondary N) is 2. The molecule has 2 rings (SSSR count). The van der Waals surface area contributed by atoms with E-state index in [1.165, 1.54) is 0 Å². The third-order valence-corrected chi connectivity index (χ3v) is 5.73. The van der Waals surface area contributed by atoms with E-state index in [9.17, 15) is 4.79 Å². The van der Waals surface area contributed by atoms with E-state index >= 15 is 0 Å². The molecule has 2 N–H and O–H groups in total. The molecular formula is C22H34N4O2S. The van der Waals surface area contributed by atoms with Crippen molar-refractivity contribution in [2.24, 2.45) is 0 Å². The van der Waals surface area contributed by atoms with Crippen LogP contribution in [-0.4, -0.2) is 66.3 Å². The van der Waals surface area contributed by atoms with E-state index in [1.807, 2.05) is 19.1 Å². The Morgan fingerprint density at radius 2 is 1.86 bits per heavy atom. The summed E-state index contributed by atoms with van der Waals surface area (Å²) in [5.74, 6) is 0. The van der Waals surface area contributed by atoms with E-state index < -0.39 is 0 Å². The fraction of sp³-hybridized carbons (Fsp3) is 0.545. The summed E-state index contributed by atoms with van der Waals surface area (Å²) in [5.41, 5.74) is 3.80. The van der Waals surface area contributed by atoms with Gasteiger partial charge in [0.1, 0.15) is 0 Å². The summed E-state index contributed by atoms with van der Waals surface area (Å²) in [6.45, 7) is 13.7. The predicted molar refractivity (Wildman–Crippen MR) is 125 cm³/mol. The fourth-order valence-electron chi connectivity index (χ4n) is 3.37. The SMILES string of the molecule is CCN(CC)CCN(Cc1cc2c(C)ccc(C)c2[nH]c1=O)C(=S)NCCOC. The van der Waals surface area contributed by atoms with E-state index in [-0.39, 0.29) is 5.56 Å². The summed E-state index contributed by atoms with van der Waals surface area (Å²) in [6.07, 6.45) is 0. The number of nitrogens with zero attached hydrogens (tertiary/aromatic N) is 2. The lowest BCUT2D eigenvalue weighted by Gasteiger charge is -2.29. The van der Waals surface area contributed by atoms with Crippen LogP contribution in [0.4, 0.5) is 0 Å². The lowest BCUT2D eigenvalue weighted by atomic mass is 10.0. The maximum absolute atomic E-state index is 12.8. The molecule has 0 saturated carbocycles. The van der Waals surface area contributed by atoms with Crippen molar-refractivity contribution in [1.29, 1.82) is 0 Å². The third-order valence-electron chi connectivity index (χ3n) is 5.33. The van der Waals surface area contributed by atoms with Crippen LogP contribution in [0, 0.1) is 13.8 Å². The third kappa shape index (κ3) is 6.26. The van der Waals surface area contributed by atoms with Crippen LogP contribution in [0.1, 0.15) is 30.5 Å². The van der Waals surface area contributed by atoms with Crippen LogP contribution in [0.3, 0.4) is 0 Å². The number of rotatable bonds is 10. The van der Waals surface area contributed by atoms with Gasteiger partial charge in [-0.05, 0) is 56.3 Å². The first-order valence-electron chi connectivity index (χ1n) is 10.3. The molecule has 6 nitrogen and oxygen atoms in total. The molecule has 160 valence electrons. The summed E-state index contributed by atoms with van der Waals surface area (Å²) in [4.78, 5) is 20.3. The molecule has 0 saturated heterocycles. The Morgan fingerprint density at radius 3 is 2.52 bits per heavy atom. The van der Waals surface area contributed by atoms with Crippen molar-refractivity contribution >= 4 is 28.2 Å². The Labute approximate surface area is 179 Å². The number of likely N-dealkylation sites (N-methyl/N-ethyl adjacent to an activating group) is 1. The quantitative estimate of drug-likeness (QED) is 0.457. The van der Waals surface area contributed by atoms with Crippen LogP contribution in [0.5, 0.6) is 0 Å². The average Bonchev–Trinajstić information content (AvgIpc) is 2.71. The van der Waals surface area contributed by atoms with Gasteiger partial charge in [0.2, 0.25) is 0 Å². The predicted octanol–water partition coefficient (Wildman–Crippen LogP) is 2.81. The highest BCUT2D eigenvalue weighted by Gasteiger charge is 2.15. The Kier molecular flexibility index (Phi) is 9.07. The minimum atomic E-state index is -0.0567. The molecule has 0 aliphatic heterocycles. The number of aromatic nitrogens is 1. The largest absolute Gasteiger partial charge is 0.383 e. The van der Waals surface area contributed by atoms with Gasteiger partial charge in [-0.25, -0.2) is 0 Å². The second-order valence-electron chi connectivity index (χ2n) is 7.28. The molecule has 0 aliphatic carbocycles. The first-order valence-corrected chi connectivity index (χ1v) is 10.7. The van der Waals surface area contributed by atoms with Gasteiger partial charge in [0.25, 0.3) is 5.56 Å². The van der Waals surface area contributed by atoms with Gasteiger partial charge in [0, 0.05) is 37.7 Å². The summed E-state index contributed by atoms with van der Waals surface area (Å²) in [6, 6.07) is 6.14. The van der Waals surface area contributed by atoms with Crippen molar-refractivity contribution in [2.45, 2.75) is 34.2 Å². The number of methoxy groups -OCH3 is 1. The van der Waals surface area contributed by atoms with Crippen molar-refractivity contribution in [3.63, 3.8) is 0 Å². The van der Waals surface area contributed by atoms with Crippen LogP contribution >= 0.6 is 12.2 Å². The maximum Gasteiger partial charge on any atom is 0.253 e. The standard InChI is InChI=1S/C22H34N4O2S/c1-6-25(7-2)11-12-26(22(29)23-10-13-28-5)15-18-14-19-16(3)8-9-17(4)20(19)24-21(18)27/h8-9,14H,6-7,10-13,15H2,1-5H3,(H,23,29)(H,24,27). The van der Waals surface area contributed by atoms with Crippen LogP contribution < -0.4 is 10.9 Å². The van der Waals surface area contributed by atoms with Gasteiger partial charge in [0.05, 0.1) is 18.7 Å². The van der Waals surface area contributed by atoms with E-state index in [0.717, 1.165) is 53.8 Å². The number of H-pyrrole nitrogens is 1. The zero-order chi connectivity index (χ0) is 21.4. The minimum absolute atomic E-state index is 0.0567. The lowest BCUT2D eigenvalue weighted by molar-refractivity contribution is 0.202. The minimum Gasteiger partial charge on any atom is -0.383 e. The second kappa shape index (κ2) is 11.3. The maximum atomic E-state index is 12.8. The van der Waals surface area contributed by atoms with Crippen LogP contribution in [0.2, 0.25) is 0 Å². The molecule has 0 unspecified atom stereocenters. The van der Waals surface area contributed by atoms with Gasteiger partial charge < -0.3 is 24.8 Å². The number of hydrogen-bond donors (Lipinski definition) is 2. The van der Waals surface area contributed by atoms with Crippen molar-refractivity contribution in [2.75, 3.05) is 46.4 Å². The number of thiocarbonyl (C=S) groups is 1. The fourth-order valence-corrected chi connectivity index (χ4v) is 3.63. The summed E-state index contributed by atoms with van der Waals surface area (Å²) < 4.78 is 5.11. The van der Waals surface area contributed by atoms with Crippen LogP contribution in [0.25, 0.3) is 10.9 Å².